The fourth-order valence-corrected chi connectivity index (χ4v) is 1.84. The van der Waals surface area contributed by atoms with E-state index >= 15 is 0 Å². The van der Waals surface area contributed by atoms with Gasteiger partial charge in [0.15, 0.2) is 0 Å². The molecule has 0 fully saturated rings. The highest BCUT2D eigenvalue weighted by molar-refractivity contribution is 5.99. The van der Waals surface area contributed by atoms with Gasteiger partial charge in [-0.1, -0.05) is 12.1 Å². The predicted octanol–water partition coefficient (Wildman–Crippen LogP) is 3.84. The lowest BCUT2D eigenvalue weighted by Gasteiger charge is -2.08. The number of hydrazone groups is 1. The summed E-state index contributed by atoms with van der Waals surface area (Å²) in [4.78, 5) is 4.19. The van der Waals surface area contributed by atoms with Crippen LogP contribution in [-0.4, -0.2) is 10.7 Å². The van der Waals surface area contributed by atoms with Crippen molar-refractivity contribution in [3.05, 3.63) is 58.9 Å². The van der Waals surface area contributed by atoms with Gasteiger partial charge in [0.25, 0.3) is 0 Å². The average Bonchev–Trinajstić information content (AvgIpc) is 2.39. The van der Waals surface area contributed by atoms with E-state index in [0.29, 0.717) is 0 Å². The number of nitrogens with one attached hydrogen (secondary N) is 1. The normalized spacial score (nSPS) is 11.5. The van der Waals surface area contributed by atoms with Crippen LogP contribution in [0.4, 0.5) is 5.69 Å². The minimum absolute atomic E-state index is 0.950. The Morgan fingerprint density at radius 1 is 1.11 bits per heavy atom. The van der Waals surface area contributed by atoms with Crippen LogP contribution in [0.25, 0.3) is 0 Å². The molecule has 3 nitrogen and oxygen atoms in total. The summed E-state index contributed by atoms with van der Waals surface area (Å²) in [5.74, 6) is 0. The minimum Gasteiger partial charge on any atom is -0.278 e. The van der Waals surface area contributed by atoms with Gasteiger partial charge in [-0.05, 0) is 57.0 Å². The van der Waals surface area contributed by atoms with Crippen molar-refractivity contribution in [3.63, 3.8) is 0 Å². The SMILES string of the molecule is C/C(=N\Nc1cc(C)ccc1C)c1ccnc(C)c1. The first-order valence-electron chi connectivity index (χ1n) is 6.37. The van der Waals surface area contributed by atoms with E-state index in [0.717, 1.165) is 22.7 Å². The second-order valence-electron chi connectivity index (χ2n) is 4.81. The van der Waals surface area contributed by atoms with Gasteiger partial charge < -0.3 is 0 Å². The lowest BCUT2D eigenvalue weighted by molar-refractivity contribution is 1.19. The van der Waals surface area contributed by atoms with Crippen molar-refractivity contribution in [1.29, 1.82) is 0 Å². The molecule has 0 unspecified atom stereocenters. The Bertz CT molecular complexity index is 615. The van der Waals surface area contributed by atoms with Crippen molar-refractivity contribution in [2.24, 2.45) is 5.10 Å². The van der Waals surface area contributed by atoms with E-state index in [-0.39, 0.29) is 0 Å². The van der Waals surface area contributed by atoms with E-state index in [1.54, 1.807) is 0 Å². The molecule has 0 aliphatic heterocycles. The van der Waals surface area contributed by atoms with Crippen LogP contribution >= 0.6 is 0 Å². The topological polar surface area (TPSA) is 37.3 Å². The molecule has 0 radical (unpaired) electrons. The molecule has 1 aromatic carbocycles. The molecule has 19 heavy (non-hydrogen) atoms. The highest BCUT2D eigenvalue weighted by Gasteiger charge is 2.00. The van der Waals surface area contributed by atoms with Gasteiger partial charge in [0.1, 0.15) is 0 Å². The Balaban J connectivity index is 2.20. The summed E-state index contributed by atoms with van der Waals surface area (Å²) in [7, 11) is 0. The fraction of sp³-hybridized carbons (Fsp3) is 0.250. The van der Waals surface area contributed by atoms with Crippen molar-refractivity contribution in [1.82, 2.24) is 4.98 Å². The number of aromatic nitrogens is 1. The monoisotopic (exact) mass is 253 g/mol. The second kappa shape index (κ2) is 5.65. The molecule has 2 aromatic rings. The molecule has 0 saturated heterocycles. The molecule has 1 N–H and O–H groups in total. The summed E-state index contributed by atoms with van der Waals surface area (Å²) in [5, 5.41) is 4.45. The number of hydrogen-bond donors (Lipinski definition) is 1. The van der Waals surface area contributed by atoms with Gasteiger partial charge in [0.2, 0.25) is 0 Å². The van der Waals surface area contributed by atoms with Crippen LogP contribution in [0, 0.1) is 20.8 Å². The van der Waals surface area contributed by atoms with Gasteiger partial charge in [-0.3, -0.25) is 10.4 Å². The summed E-state index contributed by atoms with van der Waals surface area (Å²) in [6.45, 7) is 8.12. The lowest BCUT2D eigenvalue weighted by Crippen LogP contribution is -2.01. The number of rotatable bonds is 3. The Hall–Kier alpha value is -2.16. The predicted molar refractivity (Wildman–Crippen MR) is 80.7 cm³/mol. The molecule has 98 valence electrons. The molecule has 0 aliphatic carbocycles. The lowest BCUT2D eigenvalue weighted by atomic mass is 10.1. The second-order valence-corrected chi connectivity index (χ2v) is 4.81. The molecule has 0 saturated carbocycles. The molecule has 1 aromatic heterocycles. The summed E-state index contributed by atoms with van der Waals surface area (Å²) in [5.41, 5.74) is 9.63. The van der Waals surface area contributed by atoms with Crippen LogP contribution < -0.4 is 5.43 Å². The number of pyridine rings is 1. The van der Waals surface area contributed by atoms with Crippen LogP contribution in [-0.2, 0) is 0 Å². The zero-order chi connectivity index (χ0) is 13.8. The molecule has 3 heteroatoms. The molecule has 0 atom stereocenters. The van der Waals surface area contributed by atoms with Gasteiger partial charge in [-0.25, -0.2) is 0 Å². The van der Waals surface area contributed by atoms with Crippen LogP contribution in [0.5, 0.6) is 0 Å². The van der Waals surface area contributed by atoms with Crippen LogP contribution in [0.3, 0.4) is 0 Å². The van der Waals surface area contributed by atoms with Gasteiger partial charge in [0.05, 0.1) is 11.4 Å². The number of hydrogen-bond acceptors (Lipinski definition) is 3. The van der Waals surface area contributed by atoms with Gasteiger partial charge in [-0.2, -0.15) is 5.10 Å². The maximum absolute atomic E-state index is 4.45. The van der Waals surface area contributed by atoms with Crippen molar-refractivity contribution < 1.29 is 0 Å². The smallest absolute Gasteiger partial charge is 0.0649 e. The Kier molecular flexibility index (Phi) is 3.95. The van der Waals surface area contributed by atoms with E-state index in [4.69, 9.17) is 0 Å². The number of aryl methyl sites for hydroxylation is 3. The Morgan fingerprint density at radius 3 is 2.63 bits per heavy atom. The molecular weight excluding hydrogens is 234 g/mol. The van der Waals surface area contributed by atoms with Crippen molar-refractivity contribution in [2.75, 3.05) is 5.43 Å². The van der Waals surface area contributed by atoms with Crippen molar-refractivity contribution in [3.8, 4) is 0 Å². The summed E-state index contributed by atoms with van der Waals surface area (Å²) < 4.78 is 0. The molecule has 0 amide bonds. The summed E-state index contributed by atoms with van der Waals surface area (Å²) >= 11 is 0. The zero-order valence-electron chi connectivity index (χ0n) is 11.9. The molecular formula is C16H19N3. The van der Waals surface area contributed by atoms with E-state index < -0.39 is 0 Å². The molecule has 1 heterocycles. The average molecular weight is 253 g/mol. The largest absolute Gasteiger partial charge is 0.278 e. The Morgan fingerprint density at radius 2 is 1.89 bits per heavy atom. The number of anilines is 1. The quantitative estimate of drug-likeness (QED) is 0.666. The molecule has 2 rings (SSSR count). The third kappa shape index (κ3) is 3.41. The standard InChI is InChI=1S/C16H19N3/c1-11-5-6-12(2)16(9-11)19-18-14(4)15-7-8-17-13(3)10-15/h5-10,19H,1-4H3/b18-14+. The highest BCUT2D eigenvalue weighted by atomic mass is 15.3. The van der Waals surface area contributed by atoms with Gasteiger partial charge in [0, 0.05) is 17.5 Å². The maximum atomic E-state index is 4.45. The first-order chi connectivity index (χ1) is 9.06. The number of nitrogens with zero attached hydrogens (tertiary/aromatic N) is 2. The van der Waals surface area contributed by atoms with Crippen molar-refractivity contribution >= 4 is 11.4 Å². The third-order valence-electron chi connectivity index (χ3n) is 3.05. The summed E-state index contributed by atoms with van der Waals surface area (Å²) in [6, 6.07) is 10.3. The van der Waals surface area contributed by atoms with E-state index in [9.17, 15) is 0 Å². The van der Waals surface area contributed by atoms with Gasteiger partial charge >= 0.3 is 0 Å². The van der Waals surface area contributed by atoms with Gasteiger partial charge in [-0.15, -0.1) is 0 Å². The van der Waals surface area contributed by atoms with Crippen LogP contribution in [0.2, 0.25) is 0 Å². The minimum atomic E-state index is 0.950. The fourth-order valence-electron chi connectivity index (χ4n) is 1.84. The Labute approximate surface area is 114 Å². The van der Waals surface area contributed by atoms with E-state index in [2.05, 4.69) is 47.6 Å². The zero-order valence-corrected chi connectivity index (χ0v) is 11.9. The first kappa shape index (κ1) is 13.3. The maximum Gasteiger partial charge on any atom is 0.0649 e. The van der Waals surface area contributed by atoms with Crippen LogP contribution in [0.15, 0.2) is 41.6 Å². The third-order valence-corrected chi connectivity index (χ3v) is 3.05. The highest BCUT2D eigenvalue weighted by Crippen LogP contribution is 2.16. The molecule has 0 bridgehead atoms. The van der Waals surface area contributed by atoms with Crippen molar-refractivity contribution in [2.45, 2.75) is 27.7 Å². The molecule has 0 aliphatic rings. The first-order valence-corrected chi connectivity index (χ1v) is 6.37. The van der Waals surface area contributed by atoms with Crippen LogP contribution in [0.1, 0.15) is 29.3 Å². The van der Waals surface area contributed by atoms with E-state index in [1.807, 2.05) is 32.2 Å². The summed E-state index contributed by atoms with van der Waals surface area (Å²) in [6.07, 6.45) is 1.81. The molecule has 0 spiro atoms. The van der Waals surface area contributed by atoms with E-state index in [1.165, 1.54) is 11.1 Å². The number of benzene rings is 1.